The first-order valence-electron chi connectivity index (χ1n) is 5.68. The van der Waals surface area contributed by atoms with Crippen molar-refractivity contribution in [1.82, 2.24) is 5.32 Å². The standard InChI is InChI=1S/C11H13ClFN3O2/c12-8-4-10(11(16(17)18)5-9(8)13)15-6-7-2-1-3-14-7/h4-5,7,14-15H,1-3,6H2. The number of hydrogen-bond acceptors (Lipinski definition) is 4. The molecule has 1 aromatic rings. The summed E-state index contributed by atoms with van der Waals surface area (Å²) in [6, 6.07) is 2.38. The van der Waals surface area contributed by atoms with Gasteiger partial charge in [0, 0.05) is 12.6 Å². The largest absolute Gasteiger partial charge is 0.378 e. The molecule has 0 aliphatic carbocycles. The molecule has 5 nitrogen and oxygen atoms in total. The third kappa shape index (κ3) is 2.88. The quantitative estimate of drug-likeness (QED) is 0.653. The lowest BCUT2D eigenvalue weighted by Crippen LogP contribution is -2.29. The van der Waals surface area contributed by atoms with E-state index in [0.29, 0.717) is 6.54 Å². The average molecular weight is 274 g/mol. The summed E-state index contributed by atoms with van der Waals surface area (Å²) in [4.78, 5) is 10.2. The smallest absolute Gasteiger partial charge is 0.295 e. The van der Waals surface area contributed by atoms with Gasteiger partial charge < -0.3 is 10.6 Å². The number of anilines is 1. The fourth-order valence-electron chi connectivity index (χ4n) is 1.99. The normalized spacial score (nSPS) is 18.9. The summed E-state index contributed by atoms with van der Waals surface area (Å²) < 4.78 is 13.2. The predicted octanol–water partition coefficient (Wildman–Crippen LogP) is 2.55. The summed E-state index contributed by atoms with van der Waals surface area (Å²) in [6.45, 7) is 1.52. The molecule has 2 rings (SSSR count). The molecule has 0 spiro atoms. The topological polar surface area (TPSA) is 67.2 Å². The van der Waals surface area contributed by atoms with Gasteiger partial charge in [-0.2, -0.15) is 0 Å². The van der Waals surface area contributed by atoms with E-state index in [-0.39, 0.29) is 22.4 Å². The molecule has 1 atom stereocenters. The molecule has 1 aromatic carbocycles. The van der Waals surface area contributed by atoms with Crippen molar-refractivity contribution in [1.29, 1.82) is 0 Å². The van der Waals surface area contributed by atoms with Crippen LogP contribution in [0.3, 0.4) is 0 Å². The molecular formula is C11H13ClFN3O2. The first-order valence-corrected chi connectivity index (χ1v) is 6.06. The zero-order chi connectivity index (χ0) is 13.1. The molecule has 1 unspecified atom stereocenters. The van der Waals surface area contributed by atoms with Gasteiger partial charge >= 0.3 is 0 Å². The van der Waals surface area contributed by atoms with Crippen molar-refractivity contribution in [3.63, 3.8) is 0 Å². The molecule has 0 radical (unpaired) electrons. The highest BCUT2D eigenvalue weighted by molar-refractivity contribution is 6.31. The maximum Gasteiger partial charge on any atom is 0.295 e. The van der Waals surface area contributed by atoms with E-state index in [1.165, 1.54) is 6.07 Å². The average Bonchev–Trinajstić information content (AvgIpc) is 2.83. The number of nitro benzene ring substituents is 1. The Kier molecular flexibility index (Phi) is 3.98. The minimum atomic E-state index is -0.784. The predicted molar refractivity (Wildman–Crippen MR) is 67.6 cm³/mol. The van der Waals surface area contributed by atoms with Crippen LogP contribution in [-0.2, 0) is 0 Å². The number of nitrogens with one attached hydrogen (secondary N) is 2. The van der Waals surface area contributed by atoms with Crippen LogP contribution in [-0.4, -0.2) is 24.1 Å². The van der Waals surface area contributed by atoms with Gasteiger partial charge in [0.2, 0.25) is 0 Å². The fourth-order valence-corrected chi connectivity index (χ4v) is 2.16. The van der Waals surface area contributed by atoms with E-state index < -0.39 is 10.7 Å². The molecule has 0 bridgehead atoms. The summed E-state index contributed by atoms with van der Waals surface area (Å²) in [5.41, 5.74) is -0.0463. The van der Waals surface area contributed by atoms with Crippen molar-refractivity contribution in [2.24, 2.45) is 0 Å². The summed E-state index contributed by atoms with van der Waals surface area (Å²) >= 11 is 5.63. The third-order valence-corrected chi connectivity index (χ3v) is 3.23. The Morgan fingerprint density at radius 1 is 1.61 bits per heavy atom. The molecule has 1 fully saturated rings. The lowest BCUT2D eigenvalue weighted by atomic mass is 10.2. The van der Waals surface area contributed by atoms with Crippen LogP contribution >= 0.6 is 11.6 Å². The fraction of sp³-hybridized carbons (Fsp3) is 0.455. The molecule has 1 aliphatic heterocycles. The van der Waals surface area contributed by atoms with Gasteiger partial charge in [0.05, 0.1) is 16.0 Å². The summed E-state index contributed by atoms with van der Waals surface area (Å²) in [5, 5.41) is 16.9. The summed E-state index contributed by atoms with van der Waals surface area (Å²) in [7, 11) is 0. The first-order chi connectivity index (χ1) is 8.58. The second-order valence-corrected chi connectivity index (χ2v) is 4.62. The highest BCUT2D eigenvalue weighted by Crippen LogP contribution is 2.30. The van der Waals surface area contributed by atoms with Crippen LogP contribution in [0.5, 0.6) is 0 Å². The Labute approximate surface area is 108 Å². The van der Waals surface area contributed by atoms with E-state index in [1.54, 1.807) is 0 Å². The number of nitro groups is 1. The van der Waals surface area contributed by atoms with E-state index in [9.17, 15) is 14.5 Å². The molecule has 0 amide bonds. The van der Waals surface area contributed by atoms with Crippen molar-refractivity contribution in [2.45, 2.75) is 18.9 Å². The van der Waals surface area contributed by atoms with Gasteiger partial charge in [0.1, 0.15) is 11.5 Å². The van der Waals surface area contributed by atoms with Crippen molar-refractivity contribution in [3.8, 4) is 0 Å². The Morgan fingerprint density at radius 2 is 2.39 bits per heavy atom. The van der Waals surface area contributed by atoms with Gasteiger partial charge in [0.25, 0.3) is 5.69 Å². The second kappa shape index (κ2) is 5.49. The molecule has 0 saturated carbocycles. The molecule has 7 heteroatoms. The third-order valence-electron chi connectivity index (χ3n) is 2.94. The number of nitrogens with zero attached hydrogens (tertiary/aromatic N) is 1. The Balaban J connectivity index is 2.14. The molecule has 98 valence electrons. The number of benzene rings is 1. The van der Waals surface area contributed by atoms with Crippen LogP contribution in [0.2, 0.25) is 5.02 Å². The first kappa shape index (κ1) is 13.0. The molecule has 1 aliphatic rings. The van der Waals surface area contributed by atoms with Gasteiger partial charge in [-0.15, -0.1) is 0 Å². The van der Waals surface area contributed by atoms with E-state index >= 15 is 0 Å². The van der Waals surface area contributed by atoms with E-state index in [2.05, 4.69) is 10.6 Å². The highest BCUT2D eigenvalue weighted by atomic mass is 35.5. The van der Waals surface area contributed by atoms with Gasteiger partial charge in [-0.1, -0.05) is 11.6 Å². The lowest BCUT2D eigenvalue weighted by Gasteiger charge is -2.13. The number of halogens is 2. The van der Waals surface area contributed by atoms with Crippen LogP contribution < -0.4 is 10.6 Å². The monoisotopic (exact) mass is 273 g/mol. The minimum absolute atomic E-state index is 0.123. The maximum absolute atomic E-state index is 13.2. The van der Waals surface area contributed by atoms with E-state index in [4.69, 9.17) is 11.6 Å². The molecule has 1 heterocycles. The molecule has 18 heavy (non-hydrogen) atoms. The molecule has 1 saturated heterocycles. The number of rotatable bonds is 4. The Morgan fingerprint density at radius 3 is 3.00 bits per heavy atom. The zero-order valence-corrected chi connectivity index (χ0v) is 10.3. The molecule has 2 N–H and O–H groups in total. The molecular weight excluding hydrogens is 261 g/mol. The van der Waals surface area contributed by atoms with Gasteiger partial charge in [0.15, 0.2) is 0 Å². The highest BCUT2D eigenvalue weighted by Gasteiger charge is 2.19. The number of hydrogen-bond donors (Lipinski definition) is 2. The van der Waals surface area contributed by atoms with Crippen molar-refractivity contribution >= 4 is 23.0 Å². The van der Waals surface area contributed by atoms with Crippen molar-refractivity contribution in [3.05, 3.63) is 33.1 Å². The van der Waals surface area contributed by atoms with Crippen LogP contribution in [0.1, 0.15) is 12.8 Å². The van der Waals surface area contributed by atoms with Gasteiger partial charge in [-0.3, -0.25) is 10.1 Å². The molecule has 0 aromatic heterocycles. The summed E-state index contributed by atoms with van der Waals surface area (Å²) in [5.74, 6) is -0.784. The maximum atomic E-state index is 13.2. The van der Waals surface area contributed by atoms with E-state index in [1.807, 2.05) is 0 Å². The van der Waals surface area contributed by atoms with Crippen LogP contribution in [0, 0.1) is 15.9 Å². The van der Waals surface area contributed by atoms with Crippen LogP contribution in [0.4, 0.5) is 15.8 Å². The van der Waals surface area contributed by atoms with Crippen LogP contribution in [0.15, 0.2) is 12.1 Å². The van der Waals surface area contributed by atoms with Crippen molar-refractivity contribution in [2.75, 3.05) is 18.4 Å². The lowest BCUT2D eigenvalue weighted by molar-refractivity contribution is -0.384. The second-order valence-electron chi connectivity index (χ2n) is 4.21. The van der Waals surface area contributed by atoms with E-state index in [0.717, 1.165) is 25.5 Å². The zero-order valence-electron chi connectivity index (χ0n) is 9.58. The minimum Gasteiger partial charge on any atom is -0.378 e. The van der Waals surface area contributed by atoms with Crippen molar-refractivity contribution < 1.29 is 9.31 Å². The van der Waals surface area contributed by atoms with Gasteiger partial charge in [-0.25, -0.2) is 4.39 Å². The van der Waals surface area contributed by atoms with Gasteiger partial charge in [-0.05, 0) is 25.5 Å². The summed E-state index contributed by atoms with van der Waals surface area (Å²) in [6.07, 6.45) is 2.12. The SMILES string of the molecule is O=[N+]([O-])c1cc(F)c(Cl)cc1NCC1CCCN1. The Bertz CT molecular complexity index is 464. The Hall–Kier alpha value is -1.40. The van der Waals surface area contributed by atoms with Crippen LogP contribution in [0.25, 0.3) is 0 Å².